The first kappa shape index (κ1) is 19.9. The fraction of sp³-hybridized carbons (Fsp3) is 0.263. The number of Topliss-reactive ketones (excluding diaryl/α,β-unsaturated/α-hetero) is 1. The quantitative estimate of drug-likeness (QED) is 0.520. The Hall–Kier alpha value is -2.42. The van der Waals surface area contributed by atoms with Crippen LogP contribution in [0.1, 0.15) is 22.8 Å². The smallest absolute Gasteiger partial charge is 0.205 e. The number of ether oxygens (including phenoxy) is 3. The van der Waals surface area contributed by atoms with E-state index in [9.17, 15) is 4.79 Å². The highest BCUT2D eigenvalue weighted by Crippen LogP contribution is 2.40. The number of hydrogen-bond donors (Lipinski definition) is 0. The summed E-state index contributed by atoms with van der Waals surface area (Å²) in [6, 6.07) is 3.25. The van der Waals surface area contributed by atoms with E-state index in [-0.39, 0.29) is 24.6 Å². The van der Waals surface area contributed by atoms with Crippen molar-refractivity contribution in [2.75, 3.05) is 20.8 Å². The van der Waals surface area contributed by atoms with Crippen molar-refractivity contribution in [3.63, 3.8) is 0 Å². The number of methoxy groups -OCH3 is 2. The first-order valence-electron chi connectivity index (χ1n) is 7.61. The van der Waals surface area contributed by atoms with Crippen molar-refractivity contribution in [1.82, 2.24) is 4.98 Å². The Morgan fingerprint density at radius 3 is 2.38 bits per heavy atom. The zero-order valence-corrected chi connectivity index (χ0v) is 16.1. The Balaban J connectivity index is 2.42. The number of hydrogen-bond acceptors (Lipinski definition) is 5. The normalized spacial score (nSPS) is 9.88. The summed E-state index contributed by atoms with van der Waals surface area (Å²) >= 11 is 12.2. The van der Waals surface area contributed by atoms with Crippen molar-refractivity contribution in [3.05, 3.63) is 45.7 Å². The second kappa shape index (κ2) is 9.33. The largest absolute Gasteiger partial charge is 0.493 e. The molecule has 0 N–H and O–H groups in total. The van der Waals surface area contributed by atoms with Crippen molar-refractivity contribution < 1.29 is 19.0 Å². The fourth-order valence-electron chi connectivity index (χ4n) is 2.31. The Kier molecular flexibility index (Phi) is 7.14. The van der Waals surface area contributed by atoms with Gasteiger partial charge in [-0.15, -0.1) is 5.92 Å². The molecule has 2 aromatic rings. The molecule has 0 amide bonds. The van der Waals surface area contributed by atoms with E-state index >= 15 is 0 Å². The highest BCUT2D eigenvalue weighted by molar-refractivity contribution is 6.36. The molecule has 1 aromatic heterocycles. The number of benzene rings is 1. The summed E-state index contributed by atoms with van der Waals surface area (Å²) in [5.41, 5.74) is 0.835. The standard InChI is InChI=1S/C19H17Cl2NO4/c1-4-5-8-26-19-17(24-2)7-6-12(18(19)25-3)16(23)9-13-14(20)10-22-11-15(13)21/h6-7,10-11H,8-9H2,1-3H3. The van der Waals surface area contributed by atoms with Crippen LogP contribution in [0, 0.1) is 11.8 Å². The van der Waals surface area contributed by atoms with Gasteiger partial charge in [0.15, 0.2) is 17.3 Å². The van der Waals surface area contributed by atoms with Crippen LogP contribution >= 0.6 is 23.2 Å². The van der Waals surface area contributed by atoms with Gasteiger partial charge in [0.1, 0.15) is 6.61 Å². The second-order valence-corrected chi connectivity index (χ2v) is 5.89. The van der Waals surface area contributed by atoms with Gasteiger partial charge in [0, 0.05) is 24.4 Å². The maximum Gasteiger partial charge on any atom is 0.205 e. The first-order valence-corrected chi connectivity index (χ1v) is 8.37. The topological polar surface area (TPSA) is 57.7 Å². The molecule has 0 aliphatic rings. The summed E-state index contributed by atoms with van der Waals surface area (Å²) in [5, 5.41) is 0.654. The van der Waals surface area contributed by atoms with Gasteiger partial charge in [-0.25, -0.2) is 0 Å². The number of pyridine rings is 1. The van der Waals surface area contributed by atoms with Gasteiger partial charge in [0.2, 0.25) is 5.75 Å². The van der Waals surface area contributed by atoms with Crippen molar-refractivity contribution in [1.29, 1.82) is 0 Å². The fourth-order valence-corrected chi connectivity index (χ4v) is 2.81. The second-order valence-electron chi connectivity index (χ2n) is 5.07. The maximum absolute atomic E-state index is 12.8. The van der Waals surface area contributed by atoms with E-state index in [1.54, 1.807) is 19.1 Å². The molecule has 26 heavy (non-hydrogen) atoms. The molecule has 2 rings (SSSR count). The van der Waals surface area contributed by atoms with Crippen molar-refractivity contribution >= 4 is 29.0 Å². The molecule has 1 aromatic carbocycles. The van der Waals surface area contributed by atoms with Crippen LogP contribution in [-0.2, 0) is 6.42 Å². The Bertz CT molecular complexity index is 852. The Labute approximate surface area is 162 Å². The monoisotopic (exact) mass is 393 g/mol. The van der Waals surface area contributed by atoms with Crippen LogP contribution < -0.4 is 14.2 Å². The first-order chi connectivity index (χ1) is 12.5. The molecule has 0 radical (unpaired) electrons. The van der Waals surface area contributed by atoms with Crippen molar-refractivity contribution in [3.8, 4) is 29.1 Å². The number of halogens is 2. The van der Waals surface area contributed by atoms with Gasteiger partial charge in [-0.3, -0.25) is 9.78 Å². The summed E-state index contributed by atoms with van der Waals surface area (Å²) < 4.78 is 16.4. The lowest BCUT2D eigenvalue weighted by Crippen LogP contribution is -2.09. The summed E-state index contributed by atoms with van der Waals surface area (Å²) in [6.45, 7) is 1.85. The molecule has 0 atom stereocenters. The van der Waals surface area contributed by atoms with Crippen LogP contribution in [0.15, 0.2) is 24.5 Å². The highest BCUT2D eigenvalue weighted by Gasteiger charge is 2.22. The van der Waals surface area contributed by atoms with E-state index in [1.165, 1.54) is 26.6 Å². The van der Waals surface area contributed by atoms with Gasteiger partial charge in [-0.2, -0.15) is 0 Å². The number of carbonyl (C=O) groups is 1. The summed E-state index contributed by atoms with van der Waals surface area (Å²) in [6.07, 6.45) is 2.88. The summed E-state index contributed by atoms with van der Waals surface area (Å²) in [4.78, 5) is 16.7. The molecule has 0 bridgehead atoms. The lowest BCUT2D eigenvalue weighted by Gasteiger charge is -2.16. The van der Waals surface area contributed by atoms with Gasteiger partial charge in [0.05, 0.1) is 29.8 Å². The third-order valence-corrected chi connectivity index (χ3v) is 4.21. The minimum atomic E-state index is -0.231. The van der Waals surface area contributed by atoms with E-state index in [1.807, 2.05) is 0 Å². The third kappa shape index (κ3) is 4.40. The average molecular weight is 394 g/mol. The van der Waals surface area contributed by atoms with E-state index in [2.05, 4.69) is 16.8 Å². The molecule has 136 valence electrons. The van der Waals surface area contributed by atoms with E-state index in [0.717, 1.165) is 0 Å². The van der Waals surface area contributed by atoms with Gasteiger partial charge in [-0.1, -0.05) is 29.1 Å². The van der Waals surface area contributed by atoms with E-state index in [0.29, 0.717) is 32.7 Å². The summed E-state index contributed by atoms with van der Waals surface area (Å²) in [5.74, 6) is 6.33. The molecule has 0 saturated heterocycles. The van der Waals surface area contributed by atoms with Crippen LogP contribution in [0.4, 0.5) is 0 Å². The van der Waals surface area contributed by atoms with E-state index < -0.39 is 0 Å². The Morgan fingerprint density at radius 2 is 1.81 bits per heavy atom. The molecule has 0 fully saturated rings. The SMILES string of the molecule is CC#CCOc1c(OC)ccc(C(=O)Cc2c(Cl)cncc2Cl)c1OC. The molecule has 0 saturated carbocycles. The van der Waals surface area contributed by atoms with Crippen LogP contribution in [0.2, 0.25) is 10.0 Å². The van der Waals surface area contributed by atoms with E-state index in [4.69, 9.17) is 37.4 Å². The number of nitrogens with zero attached hydrogens (tertiary/aromatic N) is 1. The van der Waals surface area contributed by atoms with Crippen LogP contribution in [0.5, 0.6) is 17.2 Å². The maximum atomic E-state index is 12.8. The molecule has 0 aliphatic carbocycles. The third-order valence-electron chi connectivity index (χ3n) is 3.56. The number of aromatic nitrogens is 1. The van der Waals surface area contributed by atoms with Crippen LogP contribution in [0.25, 0.3) is 0 Å². The molecule has 0 unspecified atom stereocenters. The van der Waals surface area contributed by atoms with Gasteiger partial charge < -0.3 is 14.2 Å². The van der Waals surface area contributed by atoms with Crippen molar-refractivity contribution in [2.24, 2.45) is 0 Å². The lowest BCUT2D eigenvalue weighted by atomic mass is 10.0. The number of carbonyl (C=O) groups excluding carboxylic acids is 1. The van der Waals surface area contributed by atoms with Gasteiger partial charge in [-0.05, 0) is 19.1 Å². The zero-order chi connectivity index (χ0) is 19.1. The number of rotatable bonds is 7. The minimum absolute atomic E-state index is 0.00290. The molecule has 0 spiro atoms. The molecule has 1 heterocycles. The van der Waals surface area contributed by atoms with Gasteiger partial charge >= 0.3 is 0 Å². The number of ketones is 1. The van der Waals surface area contributed by atoms with Crippen LogP contribution in [0.3, 0.4) is 0 Å². The lowest BCUT2D eigenvalue weighted by molar-refractivity contribution is 0.0989. The molecular formula is C19H17Cl2NO4. The zero-order valence-electron chi connectivity index (χ0n) is 14.6. The molecule has 0 aliphatic heterocycles. The van der Waals surface area contributed by atoms with Gasteiger partial charge in [0.25, 0.3) is 0 Å². The molecular weight excluding hydrogens is 377 g/mol. The molecule has 7 heteroatoms. The van der Waals surface area contributed by atoms with Crippen LogP contribution in [-0.4, -0.2) is 31.6 Å². The predicted octanol–water partition coefficient (Wildman–Crippen LogP) is 4.23. The average Bonchev–Trinajstić information content (AvgIpc) is 2.64. The summed E-state index contributed by atoms with van der Waals surface area (Å²) in [7, 11) is 2.96. The predicted molar refractivity (Wildman–Crippen MR) is 101 cm³/mol. The molecule has 5 nitrogen and oxygen atoms in total. The minimum Gasteiger partial charge on any atom is -0.493 e. The van der Waals surface area contributed by atoms with Crippen molar-refractivity contribution in [2.45, 2.75) is 13.3 Å². The Morgan fingerprint density at radius 1 is 1.12 bits per heavy atom. The highest BCUT2D eigenvalue weighted by atomic mass is 35.5.